The fourth-order valence-electron chi connectivity index (χ4n) is 1.91. The maximum absolute atomic E-state index is 10.5. The third kappa shape index (κ3) is 4.65. The Kier molecular flexibility index (Phi) is 5.60. The van der Waals surface area contributed by atoms with Gasteiger partial charge >= 0.3 is 0 Å². The highest BCUT2D eigenvalue weighted by Gasteiger charge is 2.23. The summed E-state index contributed by atoms with van der Waals surface area (Å²) in [6.45, 7) is 7.96. The summed E-state index contributed by atoms with van der Waals surface area (Å²) in [6, 6.07) is 1.89. The predicted molar refractivity (Wildman–Crippen MR) is 73.7 cm³/mol. The first-order chi connectivity index (χ1) is 8.45. The summed E-state index contributed by atoms with van der Waals surface area (Å²) in [4.78, 5) is 4.15. The van der Waals surface area contributed by atoms with E-state index in [1.165, 1.54) is 0 Å². The standard InChI is InChI=1S/C15H25NO2/c1-5-6-7-8-15(4,17)13-9-14(11-16-10-13)18-12(2)3/h9-12,17H,5-8H2,1-4H3. The Morgan fingerprint density at radius 1 is 1.33 bits per heavy atom. The average molecular weight is 251 g/mol. The van der Waals surface area contributed by atoms with E-state index in [4.69, 9.17) is 4.74 Å². The second-order valence-electron chi connectivity index (χ2n) is 5.31. The quantitative estimate of drug-likeness (QED) is 0.752. The zero-order chi connectivity index (χ0) is 13.6. The summed E-state index contributed by atoms with van der Waals surface area (Å²) in [5, 5.41) is 10.5. The van der Waals surface area contributed by atoms with E-state index >= 15 is 0 Å². The van der Waals surface area contributed by atoms with Gasteiger partial charge in [0.05, 0.1) is 17.9 Å². The number of pyridine rings is 1. The van der Waals surface area contributed by atoms with Crippen LogP contribution < -0.4 is 4.74 Å². The minimum Gasteiger partial charge on any atom is -0.489 e. The molecule has 0 radical (unpaired) electrons. The van der Waals surface area contributed by atoms with Crippen molar-refractivity contribution in [2.45, 2.75) is 65.1 Å². The molecule has 1 aromatic heterocycles. The zero-order valence-electron chi connectivity index (χ0n) is 11.9. The van der Waals surface area contributed by atoms with Crippen LogP contribution in [-0.2, 0) is 5.60 Å². The van der Waals surface area contributed by atoms with Crippen molar-refractivity contribution in [3.05, 3.63) is 24.0 Å². The predicted octanol–water partition coefficient (Wildman–Crippen LogP) is 3.66. The van der Waals surface area contributed by atoms with Crippen LogP contribution in [0.4, 0.5) is 0 Å². The lowest BCUT2D eigenvalue weighted by molar-refractivity contribution is 0.0442. The average Bonchev–Trinajstić information content (AvgIpc) is 2.28. The molecule has 1 atom stereocenters. The largest absolute Gasteiger partial charge is 0.489 e. The molecule has 3 nitrogen and oxygen atoms in total. The van der Waals surface area contributed by atoms with Gasteiger partial charge in [-0.05, 0) is 33.3 Å². The van der Waals surface area contributed by atoms with Crippen LogP contribution in [0.1, 0.15) is 58.9 Å². The van der Waals surface area contributed by atoms with Gasteiger partial charge < -0.3 is 9.84 Å². The Morgan fingerprint density at radius 2 is 2.06 bits per heavy atom. The Hall–Kier alpha value is -1.09. The fourth-order valence-corrected chi connectivity index (χ4v) is 1.91. The minimum atomic E-state index is -0.821. The van der Waals surface area contributed by atoms with Crippen LogP contribution in [0.25, 0.3) is 0 Å². The molecule has 1 unspecified atom stereocenters. The van der Waals surface area contributed by atoms with Gasteiger partial charge in [-0.3, -0.25) is 4.98 Å². The Balaban J connectivity index is 2.74. The van der Waals surface area contributed by atoms with Crippen LogP contribution in [0, 0.1) is 0 Å². The molecular formula is C15H25NO2. The molecular weight excluding hydrogens is 226 g/mol. The summed E-state index contributed by atoms with van der Waals surface area (Å²) in [5.74, 6) is 0.721. The lowest BCUT2D eigenvalue weighted by atomic mass is 9.91. The van der Waals surface area contributed by atoms with E-state index in [0.29, 0.717) is 0 Å². The number of hydrogen-bond acceptors (Lipinski definition) is 3. The van der Waals surface area contributed by atoms with Gasteiger partial charge in [-0.15, -0.1) is 0 Å². The lowest BCUT2D eigenvalue weighted by Gasteiger charge is -2.24. The normalized spacial score (nSPS) is 14.6. The molecule has 0 aliphatic heterocycles. The highest BCUT2D eigenvalue weighted by molar-refractivity contribution is 5.27. The molecule has 0 saturated carbocycles. The van der Waals surface area contributed by atoms with Crippen molar-refractivity contribution in [1.29, 1.82) is 0 Å². The number of hydrogen-bond donors (Lipinski definition) is 1. The first-order valence-electron chi connectivity index (χ1n) is 6.80. The maximum atomic E-state index is 10.5. The maximum Gasteiger partial charge on any atom is 0.138 e. The van der Waals surface area contributed by atoms with Crippen molar-refractivity contribution < 1.29 is 9.84 Å². The molecule has 0 amide bonds. The van der Waals surface area contributed by atoms with Gasteiger partial charge in [0, 0.05) is 11.8 Å². The van der Waals surface area contributed by atoms with Gasteiger partial charge in [0.25, 0.3) is 0 Å². The van der Waals surface area contributed by atoms with E-state index in [2.05, 4.69) is 11.9 Å². The van der Waals surface area contributed by atoms with Crippen LogP contribution >= 0.6 is 0 Å². The van der Waals surface area contributed by atoms with Crippen molar-refractivity contribution in [2.24, 2.45) is 0 Å². The summed E-state index contributed by atoms with van der Waals surface area (Å²) in [7, 11) is 0. The van der Waals surface area contributed by atoms with Gasteiger partial charge in [-0.2, -0.15) is 0 Å². The highest BCUT2D eigenvalue weighted by Crippen LogP contribution is 2.28. The fraction of sp³-hybridized carbons (Fsp3) is 0.667. The molecule has 3 heteroatoms. The smallest absolute Gasteiger partial charge is 0.138 e. The number of rotatable bonds is 7. The first-order valence-corrected chi connectivity index (χ1v) is 6.80. The number of ether oxygens (including phenoxy) is 1. The van der Waals surface area contributed by atoms with Crippen LogP contribution in [0.5, 0.6) is 5.75 Å². The highest BCUT2D eigenvalue weighted by atomic mass is 16.5. The summed E-state index contributed by atoms with van der Waals surface area (Å²) in [6.07, 6.45) is 7.61. The van der Waals surface area contributed by atoms with Crippen molar-refractivity contribution in [3.8, 4) is 5.75 Å². The molecule has 0 aromatic carbocycles. The first kappa shape index (κ1) is 15.0. The van der Waals surface area contributed by atoms with E-state index in [-0.39, 0.29) is 6.10 Å². The zero-order valence-corrected chi connectivity index (χ0v) is 11.9. The van der Waals surface area contributed by atoms with Gasteiger partial charge in [0.15, 0.2) is 0 Å². The molecule has 0 spiro atoms. The van der Waals surface area contributed by atoms with E-state index in [1.54, 1.807) is 12.4 Å². The van der Waals surface area contributed by atoms with Gasteiger partial charge in [0.1, 0.15) is 5.75 Å². The summed E-state index contributed by atoms with van der Waals surface area (Å²) < 4.78 is 5.60. The summed E-state index contributed by atoms with van der Waals surface area (Å²) in [5.41, 5.74) is 0.00941. The molecule has 1 heterocycles. The Morgan fingerprint density at radius 3 is 2.67 bits per heavy atom. The van der Waals surface area contributed by atoms with Crippen LogP contribution in [0.2, 0.25) is 0 Å². The molecule has 1 rings (SSSR count). The third-order valence-corrected chi connectivity index (χ3v) is 2.97. The number of aliphatic hydroxyl groups is 1. The molecule has 0 aliphatic carbocycles. The van der Waals surface area contributed by atoms with E-state index in [9.17, 15) is 5.11 Å². The second-order valence-corrected chi connectivity index (χ2v) is 5.31. The van der Waals surface area contributed by atoms with E-state index in [0.717, 1.165) is 37.0 Å². The van der Waals surface area contributed by atoms with E-state index < -0.39 is 5.60 Å². The molecule has 0 bridgehead atoms. The Labute approximate surface area is 110 Å². The monoisotopic (exact) mass is 251 g/mol. The van der Waals surface area contributed by atoms with Crippen LogP contribution in [-0.4, -0.2) is 16.2 Å². The number of aromatic nitrogens is 1. The van der Waals surface area contributed by atoms with Crippen molar-refractivity contribution in [1.82, 2.24) is 4.98 Å². The topological polar surface area (TPSA) is 42.4 Å². The molecule has 1 aromatic rings. The minimum absolute atomic E-state index is 0.118. The van der Waals surface area contributed by atoms with Crippen molar-refractivity contribution in [2.75, 3.05) is 0 Å². The lowest BCUT2D eigenvalue weighted by Crippen LogP contribution is -2.21. The van der Waals surface area contributed by atoms with Gasteiger partial charge in [0.2, 0.25) is 0 Å². The Bertz CT molecular complexity index is 361. The molecule has 18 heavy (non-hydrogen) atoms. The summed E-state index contributed by atoms with van der Waals surface area (Å²) >= 11 is 0. The van der Waals surface area contributed by atoms with Crippen molar-refractivity contribution in [3.63, 3.8) is 0 Å². The number of nitrogens with zero attached hydrogens (tertiary/aromatic N) is 1. The molecule has 102 valence electrons. The molecule has 0 fully saturated rings. The van der Waals surface area contributed by atoms with Gasteiger partial charge in [-0.1, -0.05) is 26.2 Å². The number of unbranched alkanes of at least 4 members (excludes halogenated alkanes) is 2. The third-order valence-electron chi connectivity index (χ3n) is 2.97. The molecule has 1 N–H and O–H groups in total. The van der Waals surface area contributed by atoms with Crippen molar-refractivity contribution >= 4 is 0 Å². The van der Waals surface area contributed by atoms with Crippen LogP contribution in [0.15, 0.2) is 18.5 Å². The SMILES string of the molecule is CCCCCC(C)(O)c1cncc(OC(C)C)c1. The second kappa shape index (κ2) is 6.74. The van der Waals surface area contributed by atoms with Crippen LogP contribution in [0.3, 0.4) is 0 Å². The van der Waals surface area contributed by atoms with E-state index in [1.807, 2.05) is 26.8 Å². The molecule has 0 saturated heterocycles. The molecule has 0 aliphatic rings. The van der Waals surface area contributed by atoms with Gasteiger partial charge in [-0.25, -0.2) is 0 Å².